The van der Waals surface area contributed by atoms with Gasteiger partial charge in [-0.1, -0.05) is 32.1 Å². The Bertz CT molecular complexity index is 711. The maximum atomic E-state index is 11.2. The van der Waals surface area contributed by atoms with Gasteiger partial charge >= 0.3 is 0 Å². The summed E-state index contributed by atoms with van der Waals surface area (Å²) < 4.78 is 24.0. The third kappa shape index (κ3) is 3.33. The number of hydrogen-bond acceptors (Lipinski definition) is 7. The van der Waals surface area contributed by atoms with Gasteiger partial charge in [0, 0.05) is 11.7 Å². The van der Waals surface area contributed by atoms with Crippen LogP contribution in [0, 0.1) is 0 Å². The topological polar surface area (TPSA) is 103 Å². The molecule has 1 atom stereocenters. The Morgan fingerprint density at radius 1 is 1.35 bits per heavy atom. The summed E-state index contributed by atoms with van der Waals surface area (Å²) >= 11 is 1.35. The first-order chi connectivity index (χ1) is 9.08. The molecule has 0 saturated heterocycles. The van der Waals surface area contributed by atoms with Crippen molar-refractivity contribution >= 4 is 26.1 Å². The molecule has 0 aliphatic carbocycles. The van der Waals surface area contributed by atoms with Gasteiger partial charge in [0.05, 0.1) is 11.8 Å². The van der Waals surface area contributed by atoms with Gasteiger partial charge in [0.25, 0.3) is 0 Å². The van der Waals surface area contributed by atoms with Gasteiger partial charge in [0.1, 0.15) is 14.8 Å². The van der Waals surface area contributed by atoms with E-state index in [0.29, 0.717) is 16.4 Å². The molecule has 0 bridgehead atoms. The highest BCUT2D eigenvalue weighted by molar-refractivity contribution is 7.90. The second kappa shape index (κ2) is 5.05. The summed E-state index contributed by atoms with van der Waals surface area (Å²) in [5.74, 6) is 0.825. The van der Waals surface area contributed by atoms with Crippen molar-refractivity contribution < 1.29 is 8.42 Å². The van der Waals surface area contributed by atoms with Gasteiger partial charge in [-0.15, -0.1) is 10.2 Å². The molecule has 0 aliphatic rings. The lowest BCUT2D eigenvalue weighted by atomic mass is 9.96. The highest BCUT2D eigenvalue weighted by Gasteiger charge is 2.24. The number of nitrogens with two attached hydrogens (primary N) is 1. The third-order valence-electron chi connectivity index (χ3n) is 2.79. The van der Waals surface area contributed by atoms with Crippen LogP contribution >= 0.6 is 11.3 Å². The molecule has 9 heteroatoms. The van der Waals surface area contributed by atoms with Crippen LogP contribution in [0.2, 0.25) is 0 Å². The van der Waals surface area contributed by atoms with Crippen LogP contribution in [0.5, 0.6) is 0 Å². The van der Waals surface area contributed by atoms with Crippen LogP contribution in [0.25, 0.3) is 4.96 Å². The van der Waals surface area contributed by atoms with E-state index in [2.05, 4.69) is 15.3 Å². The highest BCUT2D eigenvalue weighted by atomic mass is 32.2. The van der Waals surface area contributed by atoms with Gasteiger partial charge < -0.3 is 5.73 Å². The van der Waals surface area contributed by atoms with E-state index in [4.69, 9.17) is 5.73 Å². The molecule has 0 aromatic carbocycles. The first-order valence-electron chi connectivity index (χ1n) is 6.24. The molecule has 2 heterocycles. The van der Waals surface area contributed by atoms with Crippen LogP contribution in [0.3, 0.4) is 0 Å². The second-order valence-electron chi connectivity index (χ2n) is 5.93. The molecule has 7 nitrogen and oxygen atoms in total. The summed E-state index contributed by atoms with van der Waals surface area (Å²) in [6, 6.07) is -0.399. The molecule has 112 valence electrons. The molecule has 2 aromatic rings. The average Bonchev–Trinajstić information content (AvgIpc) is 2.81. The molecule has 0 radical (unpaired) electrons. The first-order valence-corrected chi connectivity index (χ1v) is 9.11. The molecule has 2 rings (SSSR count). The quantitative estimate of drug-likeness (QED) is 0.899. The monoisotopic (exact) mass is 317 g/mol. The summed E-state index contributed by atoms with van der Waals surface area (Å²) in [5.41, 5.74) is 5.84. The van der Waals surface area contributed by atoms with Crippen molar-refractivity contribution in [3.63, 3.8) is 0 Å². The number of rotatable bonds is 4. The number of aromatic nitrogens is 4. The minimum Gasteiger partial charge on any atom is -0.322 e. The lowest BCUT2D eigenvalue weighted by molar-refractivity contribution is 0.524. The van der Waals surface area contributed by atoms with E-state index in [0.717, 1.165) is 5.82 Å². The largest absolute Gasteiger partial charge is 0.322 e. The predicted octanol–water partition coefficient (Wildman–Crippen LogP) is 0.918. The molecule has 0 fully saturated rings. The van der Waals surface area contributed by atoms with E-state index in [9.17, 15) is 8.42 Å². The molecule has 0 saturated carbocycles. The first kappa shape index (κ1) is 15.3. The normalized spacial score (nSPS) is 14.8. The lowest BCUT2D eigenvalue weighted by Crippen LogP contribution is -2.18. The zero-order chi connectivity index (χ0) is 15.1. The molecular formula is C11H19N5O2S2. The second-order valence-corrected chi connectivity index (χ2v) is 9.18. The number of fused-ring (bicyclic) bond motifs is 1. The standard InChI is InChI=1S/C11H19N5O2S2/c1-11(2,3)9-13-14-10-16(9)15-8(19-10)7(12)5-6-20(4,17)18/h7H,5-6,12H2,1-4H3. The summed E-state index contributed by atoms with van der Waals surface area (Å²) in [6.45, 7) is 6.10. The number of nitrogens with zero attached hydrogens (tertiary/aromatic N) is 4. The molecule has 2 aromatic heterocycles. The van der Waals surface area contributed by atoms with Crippen molar-refractivity contribution in [3.05, 3.63) is 10.8 Å². The summed E-state index contributed by atoms with van der Waals surface area (Å²) in [4.78, 5) is 0.680. The van der Waals surface area contributed by atoms with Crippen molar-refractivity contribution in [2.24, 2.45) is 5.73 Å². The fraction of sp³-hybridized carbons (Fsp3) is 0.727. The van der Waals surface area contributed by atoms with Crippen molar-refractivity contribution in [2.75, 3.05) is 12.0 Å². The number of hydrogen-bond donors (Lipinski definition) is 1. The molecule has 0 aliphatic heterocycles. The van der Waals surface area contributed by atoms with Crippen LogP contribution in [0.1, 0.15) is 44.1 Å². The van der Waals surface area contributed by atoms with Gasteiger partial charge in [-0.25, -0.2) is 8.42 Å². The smallest absolute Gasteiger partial charge is 0.234 e. The summed E-state index contributed by atoms with van der Waals surface area (Å²) in [7, 11) is -3.01. The van der Waals surface area contributed by atoms with Crippen molar-refractivity contribution in [1.29, 1.82) is 0 Å². The van der Waals surface area contributed by atoms with E-state index in [1.165, 1.54) is 17.6 Å². The Labute approximate surface area is 122 Å². The van der Waals surface area contributed by atoms with Crippen LogP contribution in [0.15, 0.2) is 0 Å². The minimum atomic E-state index is -3.01. The van der Waals surface area contributed by atoms with Gasteiger partial charge in [-0.2, -0.15) is 9.61 Å². The van der Waals surface area contributed by atoms with Gasteiger partial charge in [-0.3, -0.25) is 0 Å². The van der Waals surface area contributed by atoms with Gasteiger partial charge in [0.15, 0.2) is 5.82 Å². The molecule has 2 N–H and O–H groups in total. The lowest BCUT2D eigenvalue weighted by Gasteiger charge is -2.13. The van der Waals surface area contributed by atoms with Crippen molar-refractivity contribution in [2.45, 2.75) is 38.6 Å². The van der Waals surface area contributed by atoms with E-state index >= 15 is 0 Å². The number of sulfone groups is 1. The maximum absolute atomic E-state index is 11.2. The zero-order valence-electron chi connectivity index (χ0n) is 12.0. The van der Waals surface area contributed by atoms with E-state index in [1.54, 1.807) is 4.52 Å². The van der Waals surface area contributed by atoms with Crippen LogP contribution in [0.4, 0.5) is 0 Å². The Hall–Kier alpha value is -1.06. The van der Waals surface area contributed by atoms with Crippen molar-refractivity contribution in [3.8, 4) is 0 Å². The molecule has 0 spiro atoms. The Balaban J connectivity index is 2.26. The van der Waals surface area contributed by atoms with E-state index < -0.39 is 15.9 Å². The maximum Gasteiger partial charge on any atom is 0.234 e. The third-order valence-corrected chi connectivity index (χ3v) is 4.80. The van der Waals surface area contributed by atoms with E-state index in [-0.39, 0.29) is 11.2 Å². The minimum absolute atomic E-state index is 0.0560. The Morgan fingerprint density at radius 3 is 2.55 bits per heavy atom. The van der Waals surface area contributed by atoms with Crippen LogP contribution < -0.4 is 5.73 Å². The van der Waals surface area contributed by atoms with Crippen LogP contribution in [-0.4, -0.2) is 40.2 Å². The fourth-order valence-corrected chi connectivity index (χ4v) is 3.27. The van der Waals surface area contributed by atoms with Gasteiger partial charge in [0.2, 0.25) is 4.96 Å². The SMILES string of the molecule is CC(C)(C)c1nnc2sc(C(N)CCS(C)(=O)=O)nn12. The summed E-state index contributed by atoms with van der Waals surface area (Å²) in [5, 5.41) is 13.3. The Kier molecular flexibility index (Phi) is 3.87. The van der Waals surface area contributed by atoms with E-state index in [1.807, 2.05) is 20.8 Å². The molecular weight excluding hydrogens is 298 g/mol. The predicted molar refractivity (Wildman–Crippen MR) is 78.6 cm³/mol. The van der Waals surface area contributed by atoms with Crippen molar-refractivity contribution in [1.82, 2.24) is 19.8 Å². The summed E-state index contributed by atoms with van der Waals surface area (Å²) in [6.07, 6.45) is 1.56. The zero-order valence-corrected chi connectivity index (χ0v) is 13.6. The van der Waals surface area contributed by atoms with Crippen LogP contribution in [-0.2, 0) is 15.3 Å². The highest BCUT2D eigenvalue weighted by Crippen LogP contribution is 2.26. The van der Waals surface area contributed by atoms with Gasteiger partial charge in [-0.05, 0) is 6.42 Å². The molecule has 0 amide bonds. The molecule has 1 unspecified atom stereocenters. The Morgan fingerprint density at radius 2 is 2.00 bits per heavy atom. The fourth-order valence-electron chi connectivity index (χ4n) is 1.71. The average molecular weight is 317 g/mol. The molecule has 20 heavy (non-hydrogen) atoms.